The number of rotatable bonds is 6. The average Bonchev–Trinajstić information content (AvgIpc) is 3.14. The second-order valence-corrected chi connectivity index (χ2v) is 8.41. The number of amides is 1. The Bertz CT molecular complexity index is 1290. The molecule has 0 bridgehead atoms. The average molecular weight is 503 g/mol. The first-order valence-corrected chi connectivity index (χ1v) is 10.8. The minimum Gasteiger partial charge on any atom is -0.453 e. The van der Waals surface area contributed by atoms with Gasteiger partial charge in [0.05, 0.1) is 26.3 Å². The van der Waals surface area contributed by atoms with Gasteiger partial charge in [-0.2, -0.15) is 0 Å². The van der Waals surface area contributed by atoms with Gasteiger partial charge < -0.3 is 10.1 Å². The van der Waals surface area contributed by atoms with Crippen molar-refractivity contribution >= 4 is 63.9 Å². The number of cyclic esters (lactones) is 1. The van der Waals surface area contributed by atoms with Gasteiger partial charge in [0.2, 0.25) is 5.78 Å². The SMILES string of the molecule is O=C(Nc1cc(Cl)c(Cl)cc1Cl)C(=O)[C@@H](C(=O)c1ccccc1)[C@H]1OC(=O)c2ccccc21. The topological polar surface area (TPSA) is 89.5 Å². The zero-order chi connectivity index (χ0) is 23.7. The summed E-state index contributed by atoms with van der Waals surface area (Å²) in [6.45, 7) is 0. The molecule has 2 atom stereocenters. The molecular weight excluding hydrogens is 489 g/mol. The molecular formula is C24H14Cl3NO5. The van der Waals surface area contributed by atoms with E-state index in [0.717, 1.165) is 0 Å². The van der Waals surface area contributed by atoms with E-state index in [1.807, 2.05) is 0 Å². The van der Waals surface area contributed by atoms with E-state index in [0.29, 0.717) is 5.56 Å². The quantitative estimate of drug-likeness (QED) is 0.157. The molecule has 33 heavy (non-hydrogen) atoms. The Balaban J connectivity index is 1.71. The second-order valence-electron chi connectivity index (χ2n) is 7.19. The Morgan fingerprint density at radius 2 is 1.48 bits per heavy atom. The number of Topliss-reactive ketones (excluding diaryl/α,β-unsaturated/α-hetero) is 2. The molecule has 3 aromatic rings. The molecule has 0 aromatic heterocycles. The van der Waals surface area contributed by atoms with E-state index in [1.54, 1.807) is 36.4 Å². The third-order valence-electron chi connectivity index (χ3n) is 5.13. The number of ketones is 2. The van der Waals surface area contributed by atoms with Gasteiger partial charge in [-0.15, -0.1) is 0 Å². The normalized spacial score (nSPS) is 15.4. The lowest BCUT2D eigenvalue weighted by atomic mass is 9.84. The van der Waals surface area contributed by atoms with Crippen LogP contribution in [0.4, 0.5) is 5.69 Å². The fraction of sp³-hybridized carbons (Fsp3) is 0.0833. The molecule has 0 spiro atoms. The molecule has 0 saturated carbocycles. The molecule has 3 aromatic carbocycles. The summed E-state index contributed by atoms with van der Waals surface area (Å²) in [5, 5.41) is 2.69. The maximum atomic E-state index is 13.4. The van der Waals surface area contributed by atoms with E-state index >= 15 is 0 Å². The molecule has 1 amide bonds. The van der Waals surface area contributed by atoms with Crippen LogP contribution < -0.4 is 5.32 Å². The highest BCUT2D eigenvalue weighted by molar-refractivity contribution is 6.47. The highest BCUT2D eigenvalue weighted by atomic mass is 35.5. The number of carbonyl (C=O) groups is 4. The highest BCUT2D eigenvalue weighted by Gasteiger charge is 2.46. The van der Waals surface area contributed by atoms with Crippen LogP contribution in [0, 0.1) is 5.92 Å². The molecule has 1 aliphatic heterocycles. The fourth-order valence-corrected chi connectivity index (χ4v) is 4.13. The Morgan fingerprint density at radius 3 is 2.21 bits per heavy atom. The molecule has 1 aliphatic rings. The standard InChI is InChI=1S/C24H14Cl3NO5/c25-15-10-17(27)18(11-16(15)26)28-23(31)21(30)19(20(29)12-6-2-1-3-7-12)22-13-8-4-5-9-14(13)24(32)33-22/h1-11,19,22H,(H,28,31)/t19-,22+/m1/s1. The van der Waals surface area contributed by atoms with E-state index in [-0.39, 0.29) is 31.9 Å². The van der Waals surface area contributed by atoms with Gasteiger partial charge in [0, 0.05) is 11.1 Å². The van der Waals surface area contributed by atoms with Crippen molar-refractivity contribution in [2.75, 3.05) is 5.32 Å². The Hall–Kier alpha value is -3.19. The number of benzene rings is 3. The minimum absolute atomic E-state index is 0.0409. The molecule has 4 rings (SSSR count). The number of halogens is 3. The molecule has 0 fully saturated rings. The smallest absolute Gasteiger partial charge is 0.339 e. The maximum Gasteiger partial charge on any atom is 0.339 e. The number of hydrogen-bond donors (Lipinski definition) is 1. The highest BCUT2D eigenvalue weighted by Crippen LogP contribution is 2.38. The van der Waals surface area contributed by atoms with Crippen molar-refractivity contribution < 1.29 is 23.9 Å². The summed E-state index contributed by atoms with van der Waals surface area (Å²) in [7, 11) is 0. The first-order valence-electron chi connectivity index (χ1n) is 9.67. The zero-order valence-corrected chi connectivity index (χ0v) is 18.9. The van der Waals surface area contributed by atoms with Gasteiger partial charge in [-0.3, -0.25) is 14.4 Å². The van der Waals surface area contributed by atoms with Crippen LogP contribution in [0.25, 0.3) is 0 Å². The van der Waals surface area contributed by atoms with Gasteiger partial charge in [-0.05, 0) is 18.2 Å². The van der Waals surface area contributed by atoms with Crippen molar-refractivity contribution in [1.29, 1.82) is 0 Å². The number of ether oxygens (including phenoxy) is 1. The number of carbonyl (C=O) groups excluding carboxylic acids is 4. The van der Waals surface area contributed by atoms with Gasteiger partial charge in [-0.1, -0.05) is 83.3 Å². The van der Waals surface area contributed by atoms with Crippen LogP contribution in [-0.2, 0) is 14.3 Å². The van der Waals surface area contributed by atoms with Crippen molar-refractivity contribution in [3.8, 4) is 0 Å². The lowest BCUT2D eigenvalue weighted by Gasteiger charge is -2.21. The summed E-state index contributed by atoms with van der Waals surface area (Å²) in [4.78, 5) is 51.9. The lowest BCUT2D eigenvalue weighted by molar-refractivity contribution is -0.138. The first kappa shape index (κ1) is 23.0. The molecule has 9 heteroatoms. The van der Waals surface area contributed by atoms with Gasteiger partial charge >= 0.3 is 5.97 Å². The van der Waals surface area contributed by atoms with Gasteiger partial charge in [0.15, 0.2) is 5.78 Å². The summed E-state index contributed by atoms with van der Waals surface area (Å²) in [5.41, 5.74) is 0.815. The molecule has 0 radical (unpaired) electrons. The van der Waals surface area contributed by atoms with Crippen molar-refractivity contribution in [3.63, 3.8) is 0 Å². The van der Waals surface area contributed by atoms with Crippen molar-refractivity contribution in [3.05, 3.63) is 98.5 Å². The Kier molecular flexibility index (Phi) is 6.51. The van der Waals surface area contributed by atoms with E-state index in [2.05, 4.69) is 5.32 Å². The third kappa shape index (κ3) is 4.50. The molecule has 0 unspecified atom stereocenters. The number of nitrogens with one attached hydrogen (secondary N) is 1. The molecule has 166 valence electrons. The van der Waals surface area contributed by atoms with Gasteiger partial charge in [0.25, 0.3) is 5.91 Å². The summed E-state index contributed by atoms with van der Waals surface area (Å²) in [5.74, 6) is -5.17. The lowest BCUT2D eigenvalue weighted by Crippen LogP contribution is -2.38. The summed E-state index contributed by atoms with van der Waals surface area (Å²) < 4.78 is 5.39. The van der Waals surface area contributed by atoms with E-state index in [9.17, 15) is 19.2 Å². The van der Waals surface area contributed by atoms with E-state index in [1.165, 1.54) is 30.3 Å². The zero-order valence-electron chi connectivity index (χ0n) is 16.7. The summed E-state index contributed by atoms with van der Waals surface area (Å²) in [6.07, 6.45) is -1.26. The molecule has 1 N–H and O–H groups in total. The number of anilines is 1. The van der Waals surface area contributed by atoms with Gasteiger partial charge in [-0.25, -0.2) is 4.79 Å². The van der Waals surface area contributed by atoms with Crippen LogP contribution in [0.15, 0.2) is 66.7 Å². The van der Waals surface area contributed by atoms with Crippen LogP contribution in [0.3, 0.4) is 0 Å². The molecule has 0 aliphatic carbocycles. The number of fused-ring (bicyclic) bond motifs is 1. The monoisotopic (exact) mass is 501 g/mol. The van der Waals surface area contributed by atoms with Crippen LogP contribution >= 0.6 is 34.8 Å². The van der Waals surface area contributed by atoms with E-state index < -0.39 is 35.5 Å². The van der Waals surface area contributed by atoms with Crippen LogP contribution in [0.1, 0.15) is 32.4 Å². The van der Waals surface area contributed by atoms with Crippen molar-refractivity contribution in [2.45, 2.75) is 6.10 Å². The summed E-state index contributed by atoms with van der Waals surface area (Å²) >= 11 is 18.0. The Labute approximate surface area is 203 Å². The second kappa shape index (κ2) is 9.35. The predicted octanol–water partition coefficient (Wildman–Crippen LogP) is 5.57. The van der Waals surface area contributed by atoms with E-state index in [4.69, 9.17) is 39.5 Å². The number of hydrogen-bond acceptors (Lipinski definition) is 5. The van der Waals surface area contributed by atoms with Crippen LogP contribution in [0.5, 0.6) is 0 Å². The van der Waals surface area contributed by atoms with Crippen molar-refractivity contribution in [1.82, 2.24) is 0 Å². The number of esters is 1. The first-order chi connectivity index (χ1) is 15.8. The van der Waals surface area contributed by atoms with Crippen LogP contribution in [-0.4, -0.2) is 23.4 Å². The molecule has 0 saturated heterocycles. The predicted molar refractivity (Wildman–Crippen MR) is 124 cm³/mol. The third-order valence-corrected chi connectivity index (χ3v) is 6.16. The summed E-state index contributed by atoms with van der Waals surface area (Å²) in [6, 6.07) is 17.0. The van der Waals surface area contributed by atoms with Gasteiger partial charge in [0.1, 0.15) is 12.0 Å². The van der Waals surface area contributed by atoms with Crippen LogP contribution in [0.2, 0.25) is 15.1 Å². The molecule has 6 nitrogen and oxygen atoms in total. The molecule has 1 heterocycles. The minimum atomic E-state index is -1.61. The van der Waals surface area contributed by atoms with Crippen molar-refractivity contribution in [2.24, 2.45) is 5.92 Å². The fourth-order valence-electron chi connectivity index (χ4n) is 3.54. The Morgan fingerprint density at radius 1 is 0.848 bits per heavy atom. The largest absolute Gasteiger partial charge is 0.453 e. The maximum absolute atomic E-state index is 13.4.